The number of hydrogen-bond donors (Lipinski definition) is 0. The van der Waals surface area contributed by atoms with Gasteiger partial charge in [0.1, 0.15) is 35.4 Å². The van der Waals surface area contributed by atoms with Crippen LogP contribution < -0.4 is 0 Å². The molecule has 0 atom stereocenters. The van der Waals surface area contributed by atoms with Crippen LogP contribution in [0.25, 0.3) is 21.7 Å². The molecule has 0 amide bonds. The number of nitrogens with zero attached hydrogens (tertiary/aromatic N) is 13. The lowest BCUT2D eigenvalue weighted by Gasteiger charge is -2.01. The van der Waals surface area contributed by atoms with Gasteiger partial charge in [0.15, 0.2) is 0 Å². The lowest BCUT2D eigenvalue weighted by Crippen LogP contribution is -1.97. The number of benzene rings is 2. The fourth-order valence-electron chi connectivity index (χ4n) is 6.16. The van der Waals surface area contributed by atoms with Crippen LogP contribution in [0.5, 0.6) is 0 Å². The summed E-state index contributed by atoms with van der Waals surface area (Å²) in [6.45, 7) is 53.3. The van der Waals surface area contributed by atoms with E-state index in [0.717, 1.165) is 85.9 Å². The topological polar surface area (TPSA) is 168 Å². The summed E-state index contributed by atoms with van der Waals surface area (Å²) in [6.07, 6.45) is 8.58. The van der Waals surface area contributed by atoms with Gasteiger partial charge in [-0.15, -0.1) is 0 Å². The van der Waals surface area contributed by atoms with Gasteiger partial charge in [0.25, 0.3) is 0 Å². The second kappa shape index (κ2) is 48.2. The Kier molecular flexibility index (Phi) is 47.7. The fraction of sp³-hybridized carbons (Fsp3) is 0.422. The van der Waals surface area contributed by atoms with Crippen LogP contribution in [0.4, 0.5) is 0 Å². The average molecular weight is 1050 g/mol. The minimum Gasteiger partial charge on any atom is -0.261 e. The van der Waals surface area contributed by atoms with Gasteiger partial charge >= 0.3 is 0 Å². The summed E-state index contributed by atoms with van der Waals surface area (Å²) in [5, 5.41) is 3.79. The molecule has 7 aromatic heterocycles. The molecule has 0 aliphatic carbocycles. The number of aryl methyl sites for hydroxylation is 15. The second-order valence-electron chi connectivity index (χ2n) is 15.2. The first kappa shape index (κ1) is 76.1. The van der Waals surface area contributed by atoms with Crippen molar-refractivity contribution >= 4 is 21.7 Å². The van der Waals surface area contributed by atoms with E-state index >= 15 is 0 Å². The van der Waals surface area contributed by atoms with E-state index in [4.69, 9.17) is 0 Å². The maximum absolute atomic E-state index is 4.44. The molecule has 420 valence electrons. The highest BCUT2D eigenvalue weighted by molar-refractivity contribution is 5.84. The first-order chi connectivity index (χ1) is 36.9. The maximum Gasteiger partial charge on any atom is 0.129 e. The molecule has 13 nitrogen and oxygen atoms in total. The number of aromatic nitrogens is 13. The van der Waals surface area contributed by atoms with Gasteiger partial charge in [-0.3, -0.25) is 19.9 Å². The standard InChI is InChI=1S/2C11H11N.C6H9N3.4C6H8N2.6C2H6/c1-8-7-10-5-3-4-6-11(10)9(2)12-8;1-8-7-9(2)12-11-6-4-3-5-10(8)11;1-4-7-5(2)9-6(3)8-4;1-5-3-7-4-6(2)8-5;1-5-3-6(2)8-4-7-5;2*1-5-3-4-7-6(2)8-5;6*1-2/h2*3-7H,1-2H3;1-3H3;4*3-4H,1-2H3;6*1-2H3. The molecule has 77 heavy (non-hydrogen) atoms. The summed E-state index contributed by atoms with van der Waals surface area (Å²) < 4.78 is 0. The van der Waals surface area contributed by atoms with Crippen molar-refractivity contribution in [2.24, 2.45) is 0 Å². The van der Waals surface area contributed by atoms with Crippen molar-refractivity contribution in [3.05, 3.63) is 196 Å². The Labute approximate surface area is 467 Å². The summed E-state index contributed by atoms with van der Waals surface area (Å²) in [6, 6.07) is 26.5. The highest BCUT2D eigenvalue weighted by atomic mass is 15.0. The molecule has 2 aromatic carbocycles. The molecule has 0 N–H and O–H groups in total. The van der Waals surface area contributed by atoms with Crippen molar-refractivity contribution in [2.45, 2.75) is 187 Å². The van der Waals surface area contributed by atoms with E-state index in [2.05, 4.69) is 121 Å². The van der Waals surface area contributed by atoms with E-state index in [1.165, 1.54) is 21.7 Å². The van der Waals surface area contributed by atoms with Crippen molar-refractivity contribution in [3.63, 3.8) is 0 Å². The Balaban J connectivity index is -0.000000393. The molecule has 0 saturated heterocycles. The van der Waals surface area contributed by atoms with Crippen LogP contribution in [0.15, 0.2) is 110 Å². The molecule has 0 radical (unpaired) electrons. The molecule has 0 unspecified atom stereocenters. The van der Waals surface area contributed by atoms with Gasteiger partial charge in [0.2, 0.25) is 0 Å². The molecule has 9 aromatic rings. The van der Waals surface area contributed by atoms with Crippen molar-refractivity contribution in [1.82, 2.24) is 64.8 Å². The number of hydrogen-bond acceptors (Lipinski definition) is 13. The first-order valence-corrected chi connectivity index (χ1v) is 27.2. The minimum atomic E-state index is 0.792. The van der Waals surface area contributed by atoms with E-state index in [9.17, 15) is 0 Å². The van der Waals surface area contributed by atoms with E-state index in [1.807, 2.05) is 209 Å². The Hall–Kier alpha value is -7.41. The van der Waals surface area contributed by atoms with Crippen LogP contribution in [0, 0.1) is 104 Å². The molecule has 0 aliphatic heterocycles. The molecule has 7 heterocycles. The third-order valence-electron chi connectivity index (χ3n) is 8.73. The van der Waals surface area contributed by atoms with Crippen LogP contribution in [0.1, 0.15) is 169 Å². The Morgan fingerprint density at radius 1 is 0.286 bits per heavy atom. The third-order valence-corrected chi connectivity index (χ3v) is 8.73. The number of pyridine rings is 2. The van der Waals surface area contributed by atoms with Crippen LogP contribution in [0.3, 0.4) is 0 Å². The quantitative estimate of drug-likeness (QED) is 0.141. The first-order valence-electron chi connectivity index (χ1n) is 27.2. The average Bonchev–Trinajstić information content (AvgIpc) is 3.40. The normalized spacial score (nSPS) is 8.71. The van der Waals surface area contributed by atoms with Crippen molar-refractivity contribution < 1.29 is 0 Å². The van der Waals surface area contributed by atoms with Gasteiger partial charge in [0.05, 0.1) is 16.9 Å². The number of fused-ring (bicyclic) bond motifs is 2. The van der Waals surface area contributed by atoms with Gasteiger partial charge < -0.3 is 0 Å². The lowest BCUT2D eigenvalue weighted by atomic mass is 10.1. The van der Waals surface area contributed by atoms with Gasteiger partial charge in [-0.1, -0.05) is 126 Å². The zero-order chi connectivity index (χ0) is 59.9. The zero-order valence-electron chi connectivity index (χ0n) is 52.7. The summed E-state index contributed by atoms with van der Waals surface area (Å²) >= 11 is 0. The van der Waals surface area contributed by atoms with Gasteiger partial charge in [-0.05, 0) is 151 Å². The molecular weight excluding hydrogens is 951 g/mol. The fourth-order valence-corrected chi connectivity index (χ4v) is 6.16. The van der Waals surface area contributed by atoms with Crippen molar-refractivity contribution in [1.29, 1.82) is 0 Å². The smallest absolute Gasteiger partial charge is 0.129 e. The van der Waals surface area contributed by atoms with E-state index in [1.54, 1.807) is 31.1 Å². The molecule has 0 saturated carbocycles. The van der Waals surface area contributed by atoms with E-state index in [-0.39, 0.29) is 0 Å². The monoisotopic (exact) mass is 1050 g/mol. The SMILES string of the molecule is CC.CC.CC.CC.CC.CC.Cc1cc(C)c2ccccc2n1.Cc1cc(C)ncn1.Cc1cc2ccccc2c(C)n1.Cc1ccnc(C)n1.Cc1ccnc(C)n1.Cc1cncc(C)n1.Cc1nc(C)nc(C)n1. The van der Waals surface area contributed by atoms with Gasteiger partial charge in [0, 0.05) is 75.4 Å². The van der Waals surface area contributed by atoms with Crippen molar-refractivity contribution in [3.8, 4) is 0 Å². The zero-order valence-corrected chi connectivity index (χ0v) is 52.7. The third kappa shape index (κ3) is 37.1. The predicted octanol–water partition coefficient (Wildman–Crippen LogP) is 17.0. The molecule has 0 spiro atoms. The van der Waals surface area contributed by atoms with Gasteiger partial charge in [-0.25, -0.2) is 44.9 Å². The van der Waals surface area contributed by atoms with E-state index in [0.29, 0.717) is 0 Å². The summed E-state index contributed by atoms with van der Waals surface area (Å²) in [5.74, 6) is 4.05. The minimum absolute atomic E-state index is 0.792. The summed E-state index contributed by atoms with van der Waals surface area (Å²) in [4.78, 5) is 52.7. The molecular formula is C64H99N13. The Bertz CT molecular complexity index is 2490. The summed E-state index contributed by atoms with van der Waals surface area (Å²) in [5.41, 5.74) is 11.7. The van der Waals surface area contributed by atoms with Crippen LogP contribution >= 0.6 is 0 Å². The van der Waals surface area contributed by atoms with Crippen molar-refractivity contribution in [2.75, 3.05) is 0 Å². The Morgan fingerprint density at radius 2 is 0.688 bits per heavy atom. The maximum atomic E-state index is 4.44. The molecule has 0 bridgehead atoms. The van der Waals surface area contributed by atoms with Crippen LogP contribution in [-0.2, 0) is 0 Å². The summed E-state index contributed by atoms with van der Waals surface area (Å²) in [7, 11) is 0. The molecule has 13 heteroatoms. The van der Waals surface area contributed by atoms with E-state index < -0.39 is 0 Å². The largest absolute Gasteiger partial charge is 0.261 e. The highest BCUT2D eigenvalue weighted by Crippen LogP contribution is 2.17. The predicted molar refractivity (Wildman–Crippen MR) is 331 cm³/mol. The van der Waals surface area contributed by atoms with Crippen LogP contribution in [0.2, 0.25) is 0 Å². The van der Waals surface area contributed by atoms with Crippen LogP contribution in [-0.4, -0.2) is 64.8 Å². The molecule has 0 aliphatic rings. The second-order valence-corrected chi connectivity index (χ2v) is 15.2. The molecule has 9 rings (SSSR count). The number of rotatable bonds is 0. The lowest BCUT2D eigenvalue weighted by molar-refractivity contribution is 0.875. The van der Waals surface area contributed by atoms with Gasteiger partial charge in [-0.2, -0.15) is 0 Å². The Morgan fingerprint density at radius 3 is 1.05 bits per heavy atom. The molecule has 0 fully saturated rings. The number of para-hydroxylation sites is 1. The highest BCUT2D eigenvalue weighted by Gasteiger charge is 1.99.